The molecule has 0 radical (unpaired) electrons. The predicted octanol–water partition coefficient (Wildman–Crippen LogP) is 2.79. The number of aromatic nitrogens is 5. The smallest absolute Gasteiger partial charge is 0.269 e. The molecule has 1 saturated heterocycles. The van der Waals surface area contributed by atoms with Crippen molar-refractivity contribution in [3.8, 4) is 16.9 Å². The Kier molecular flexibility index (Phi) is 6.75. The van der Waals surface area contributed by atoms with E-state index in [2.05, 4.69) is 25.0 Å². The molecule has 6 rings (SSSR count). The first-order valence-corrected chi connectivity index (χ1v) is 13.3. The number of carbonyl (C=O) groups is 3. The van der Waals surface area contributed by atoms with Gasteiger partial charge in [0, 0.05) is 22.8 Å². The number of primary amides is 1. The van der Waals surface area contributed by atoms with Crippen molar-refractivity contribution in [2.45, 2.75) is 25.2 Å². The molecule has 0 aliphatic carbocycles. The van der Waals surface area contributed by atoms with Crippen LogP contribution < -0.4 is 15.8 Å². The highest BCUT2D eigenvalue weighted by molar-refractivity contribution is 7.13. The van der Waals surface area contributed by atoms with Gasteiger partial charge in [-0.2, -0.15) is 19.7 Å². The molecule has 2 atom stereocenters. The molecule has 0 spiro atoms. The van der Waals surface area contributed by atoms with Gasteiger partial charge in [0.25, 0.3) is 5.91 Å². The number of hydrogen-bond donors (Lipinski definition) is 2. The minimum Gasteiger partial charge on any atom is -0.497 e. The van der Waals surface area contributed by atoms with Crippen LogP contribution in [0.5, 0.6) is 5.75 Å². The molecule has 1 fully saturated rings. The minimum atomic E-state index is -1.38. The maximum atomic E-state index is 14.6. The summed E-state index contributed by atoms with van der Waals surface area (Å²) in [6.45, 7) is -0.573. The number of nitrogens with one attached hydrogen (secondary N) is 1. The summed E-state index contributed by atoms with van der Waals surface area (Å²) >= 11 is 1.20. The second kappa shape index (κ2) is 10.5. The van der Waals surface area contributed by atoms with Gasteiger partial charge in [-0.3, -0.25) is 19.1 Å². The Labute approximate surface area is 236 Å². The minimum absolute atomic E-state index is 0.0124. The van der Waals surface area contributed by atoms with E-state index in [1.54, 1.807) is 48.8 Å². The lowest BCUT2D eigenvalue weighted by Gasteiger charge is -2.23. The predicted molar refractivity (Wildman–Crippen MR) is 149 cm³/mol. The van der Waals surface area contributed by atoms with Gasteiger partial charge >= 0.3 is 0 Å². The number of nitrogens with zero attached hydrogens (tertiary/aromatic N) is 6. The number of ether oxygens (including phenoxy) is 1. The van der Waals surface area contributed by atoms with Crippen molar-refractivity contribution in [1.82, 2.24) is 29.3 Å². The number of halogens is 1. The number of likely N-dealkylation sites (tertiary alicyclic amines) is 1. The largest absolute Gasteiger partial charge is 0.497 e. The van der Waals surface area contributed by atoms with Crippen molar-refractivity contribution in [1.29, 1.82) is 0 Å². The average molecular weight is 575 g/mol. The molecular weight excluding hydrogens is 551 g/mol. The van der Waals surface area contributed by atoms with Gasteiger partial charge in [-0.1, -0.05) is 6.07 Å². The Hall–Kier alpha value is -4.98. The molecule has 3 N–H and O–H groups in total. The van der Waals surface area contributed by atoms with Gasteiger partial charge in [0.1, 0.15) is 24.5 Å². The lowest BCUT2D eigenvalue weighted by atomic mass is 10.0. The molecule has 0 bridgehead atoms. The van der Waals surface area contributed by atoms with E-state index >= 15 is 0 Å². The third kappa shape index (κ3) is 4.93. The Bertz CT molecular complexity index is 1810. The Morgan fingerprint density at radius 2 is 1.98 bits per heavy atom. The van der Waals surface area contributed by atoms with Gasteiger partial charge < -0.3 is 20.7 Å². The second-order valence-corrected chi connectivity index (χ2v) is 10.3. The maximum absolute atomic E-state index is 14.6. The van der Waals surface area contributed by atoms with Crippen LogP contribution in [-0.2, 0) is 16.1 Å². The highest BCUT2D eigenvalue weighted by Crippen LogP contribution is 2.32. The van der Waals surface area contributed by atoms with Crippen LogP contribution in [-0.4, -0.2) is 72.8 Å². The second-order valence-electron chi connectivity index (χ2n) is 9.51. The fourth-order valence-electron chi connectivity index (χ4n) is 4.99. The first kappa shape index (κ1) is 26.3. The monoisotopic (exact) mass is 574 g/mol. The Morgan fingerprint density at radius 3 is 2.73 bits per heavy atom. The van der Waals surface area contributed by atoms with E-state index in [-0.39, 0.29) is 25.2 Å². The molecule has 3 amide bonds. The molecule has 2 unspecified atom stereocenters. The molecule has 41 heavy (non-hydrogen) atoms. The number of anilines is 1. The van der Waals surface area contributed by atoms with E-state index in [1.165, 1.54) is 28.2 Å². The van der Waals surface area contributed by atoms with Crippen LogP contribution in [0.2, 0.25) is 0 Å². The summed E-state index contributed by atoms with van der Waals surface area (Å²) < 4.78 is 26.3. The van der Waals surface area contributed by atoms with Crippen LogP contribution in [0, 0.1) is 0 Å². The Balaban J connectivity index is 1.25. The summed E-state index contributed by atoms with van der Waals surface area (Å²) in [4.78, 5) is 40.1. The number of alkyl halides is 1. The van der Waals surface area contributed by atoms with Crippen molar-refractivity contribution in [3.05, 3.63) is 60.6 Å². The Morgan fingerprint density at radius 1 is 1.12 bits per heavy atom. The normalized spacial score (nSPS) is 16.8. The lowest BCUT2D eigenvalue weighted by molar-refractivity contribution is -0.137. The maximum Gasteiger partial charge on any atom is 0.269 e. The number of amides is 3. The van der Waals surface area contributed by atoms with Crippen molar-refractivity contribution in [3.63, 3.8) is 0 Å². The molecule has 2 aromatic carbocycles. The van der Waals surface area contributed by atoms with E-state index in [0.717, 1.165) is 15.8 Å². The highest BCUT2D eigenvalue weighted by Gasteiger charge is 2.40. The van der Waals surface area contributed by atoms with E-state index < -0.39 is 29.9 Å². The van der Waals surface area contributed by atoms with Crippen LogP contribution in [0.4, 0.5) is 10.2 Å². The summed E-state index contributed by atoms with van der Waals surface area (Å²) in [7, 11) is 1.54. The first-order chi connectivity index (χ1) is 19.8. The van der Waals surface area contributed by atoms with Gasteiger partial charge in [-0.05, 0) is 53.5 Å². The van der Waals surface area contributed by atoms with Gasteiger partial charge in [-0.25, -0.2) is 4.39 Å². The summed E-state index contributed by atoms with van der Waals surface area (Å²) in [5, 5.41) is 15.8. The number of rotatable bonds is 7. The zero-order valence-electron chi connectivity index (χ0n) is 21.7. The molecule has 1 aliphatic heterocycles. The molecule has 4 heterocycles. The third-order valence-electron chi connectivity index (χ3n) is 6.98. The van der Waals surface area contributed by atoms with Crippen LogP contribution in [0.25, 0.3) is 32.1 Å². The summed E-state index contributed by atoms with van der Waals surface area (Å²) in [5.41, 5.74) is 7.59. The number of nitrogens with two attached hydrogens (primary N) is 1. The molecule has 12 nitrogen and oxygen atoms in total. The SMILES string of the molecule is COc1ccc2snc(NC(=O)C3CC(F)CN3C(=O)Cn3nc(C(N)=O)c4cc(-c5ccnnc5)ccc43)c2c1. The van der Waals surface area contributed by atoms with Crippen LogP contribution in [0.1, 0.15) is 16.9 Å². The molecule has 14 heteroatoms. The van der Waals surface area contributed by atoms with Crippen molar-refractivity contribution in [2.24, 2.45) is 5.73 Å². The first-order valence-electron chi connectivity index (χ1n) is 12.6. The van der Waals surface area contributed by atoms with Crippen molar-refractivity contribution >= 4 is 56.1 Å². The standard InChI is InChI=1S/C27H23FN8O4S/c1-40-17-3-5-22-19(10-17)26(34-41-22)32-27(39)21-9-16(28)12-35(21)23(37)13-36-20-4-2-14(15-6-7-30-31-11-15)8-18(20)24(33-36)25(29)38/h2-8,10-11,16,21H,9,12-13H2,1H3,(H2,29,38)(H,32,34,39). The van der Waals surface area contributed by atoms with Gasteiger partial charge in [0.05, 0.1) is 36.3 Å². The highest BCUT2D eigenvalue weighted by atomic mass is 32.1. The van der Waals surface area contributed by atoms with Crippen molar-refractivity contribution in [2.75, 3.05) is 19.0 Å². The molecule has 5 aromatic rings. The number of fused-ring (bicyclic) bond motifs is 2. The van der Waals surface area contributed by atoms with Crippen LogP contribution in [0.15, 0.2) is 54.9 Å². The van der Waals surface area contributed by atoms with Crippen LogP contribution >= 0.6 is 11.5 Å². The third-order valence-corrected chi connectivity index (χ3v) is 7.80. The van der Waals surface area contributed by atoms with Gasteiger partial charge in [0.15, 0.2) is 11.5 Å². The van der Waals surface area contributed by atoms with Gasteiger partial charge in [0.2, 0.25) is 11.8 Å². The summed E-state index contributed by atoms with van der Waals surface area (Å²) in [6.07, 6.45) is 1.59. The fourth-order valence-corrected chi connectivity index (χ4v) is 5.70. The number of carbonyl (C=O) groups excluding carboxylic acids is 3. The zero-order chi connectivity index (χ0) is 28.7. The van der Waals surface area contributed by atoms with E-state index in [0.29, 0.717) is 27.9 Å². The molecule has 1 aliphatic rings. The fraction of sp³-hybridized carbons (Fsp3) is 0.222. The summed E-state index contributed by atoms with van der Waals surface area (Å²) in [5.74, 6) is -0.931. The van der Waals surface area contributed by atoms with Crippen molar-refractivity contribution < 1.29 is 23.5 Å². The topological polar surface area (TPSA) is 158 Å². The molecule has 0 saturated carbocycles. The summed E-state index contributed by atoms with van der Waals surface area (Å²) in [6, 6.07) is 11.3. The van der Waals surface area contributed by atoms with Crippen LogP contribution in [0.3, 0.4) is 0 Å². The average Bonchev–Trinajstić information content (AvgIpc) is 3.68. The van der Waals surface area contributed by atoms with E-state index in [1.807, 2.05) is 6.07 Å². The molecule has 3 aromatic heterocycles. The number of hydrogen-bond acceptors (Lipinski definition) is 9. The molecule has 208 valence electrons. The number of benzene rings is 2. The van der Waals surface area contributed by atoms with Gasteiger partial charge in [-0.15, -0.1) is 0 Å². The van der Waals surface area contributed by atoms with E-state index in [9.17, 15) is 18.8 Å². The molecular formula is C27H23FN8O4S. The zero-order valence-corrected chi connectivity index (χ0v) is 22.5. The van der Waals surface area contributed by atoms with E-state index in [4.69, 9.17) is 10.5 Å². The number of methoxy groups -OCH3 is 1. The quantitative estimate of drug-likeness (QED) is 0.300. The lowest BCUT2D eigenvalue weighted by Crippen LogP contribution is -2.44.